The van der Waals surface area contributed by atoms with Crippen molar-refractivity contribution in [2.45, 2.75) is 12.8 Å². The van der Waals surface area contributed by atoms with Crippen LogP contribution in [0, 0.1) is 11.5 Å². The van der Waals surface area contributed by atoms with Crippen molar-refractivity contribution in [2.24, 2.45) is 0 Å². The van der Waals surface area contributed by atoms with E-state index < -0.39 is 5.97 Å². The number of esters is 1. The van der Waals surface area contributed by atoms with Crippen LogP contribution in [0.25, 0.3) is 11.0 Å². The van der Waals surface area contributed by atoms with Gasteiger partial charge in [0.1, 0.15) is 0 Å². The van der Waals surface area contributed by atoms with Gasteiger partial charge in [-0.2, -0.15) is 5.26 Å². The first kappa shape index (κ1) is 13.5. The van der Waals surface area contributed by atoms with Crippen molar-refractivity contribution in [1.29, 1.82) is 5.26 Å². The Balaban J connectivity index is 2.16. The number of ketones is 1. The number of imidazole rings is 1. The van der Waals surface area contributed by atoms with E-state index in [1.165, 1.54) is 7.11 Å². The number of rotatable bonds is 5. The molecule has 102 valence electrons. The van der Waals surface area contributed by atoms with E-state index in [0.717, 1.165) is 0 Å². The zero-order valence-corrected chi connectivity index (χ0v) is 10.8. The Hall–Kier alpha value is -2.88. The number of aromatic amines is 1. The number of methoxy groups -OCH3 is 1. The monoisotopic (exact) mass is 272 g/mol. The normalized spacial score (nSPS) is 10.0. The van der Waals surface area contributed by atoms with E-state index in [4.69, 9.17) is 5.26 Å². The quantitative estimate of drug-likeness (QED) is 0.370. The van der Waals surface area contributed by atoms with Gasteiger partial charge in [0.2, 0.25) is 5.95 Å². The van der Waals surface area contributed by atoms with Crippen molar-refractivity contribution >= 4 is 28.7 Å². The molecule has 20 heavy (non-hydrogen) atoms. The fraction of sp³-hybridized carbons (Fsp3) is 0.231. The summed E-state index contributed by atoms with van der Waals surface area (Å²) in [5.41, 5.74) is 1.77. The fourth-order valence-corrected chi connectivity index (χ4v) is 1.76. The Morgan fingerprint density at radius 1 is 1.45 bits per heavy atom. The zero-order chi connectivity index (χ0) is 14.5. The summed E-state index contributed by atoms with van der Waals surface area (Å²) in [6.07, 6.45) is 1.91. The van der Waals surface area contributed by atoms with Crippen LogP contribution in [0.3, 0.4) is 0 Å². The van der Waals surface area contributed by atoms with Gasteiger partial charge < -0.3 is 9.72 Å². The van der Waals surface area contributed by atoms with Crippen LogP contribution in [0.1, 0.15) is 23.2 Å². The number of aromatic nitrogens is 2. The number of Topliss-reactive ketones (excluding diaryl/α,β-unsaturated/α-hetero) is 1. The van der Waals surface area contributed by atoms with Crippen molar-refractivity contribution in [3.63, 3.8) is 0 Å². The molecular weight excluding hydrogens is 260 g/mol. The number of benzene rings is 1. The maximum absolute atomic E-state index is 11.9. The molecular formula is C13H12N4O3. The van der Waals surface area contributed by atoms with Gasteiger partial charge in [-0.05, 0) is 18.2 Å². The highest BCUT2D eigenvalue weighted by Gasteiger charge is 2.11. The molecule has 0 aliphatic heterocycles. The first-order valence-corrected chi connectivity index (χ1v) is 5.89. The Labute approximate surface area is 114 Å². The summed E-state index contributed by atoms with van der Waals surface area (Å²) in [7, 11) is 1.28. The Bertz CT molecular complexity index is 699. The third-order valence-electron chi connectivity index (χ3n) is 2.76. The molecule has 0 saturated heterocycles. The summed E-state index contributed by atoms with van der Waals surface area (Å²) in [5, 5.41) is 10.9. The summed E-state index contributed by atoms with van der Waals surface area (Å²) in [5.74, 6) is -0.246. The minimum atomic E-state index is -0.415. The van der Waals surface area contributed by atoms with Gasteiger partial charge >= 0.3 is 5.97 Å². The summed E-state index contributed by atoms with van der Waals surface area (Å²) in [6, 6.07) is 4.96. The van der Waals surface area contributed by atoms with Crippen molar-refractivity contribution in [2.75, 3.05) is 12.4 Å². The highest BCUT2D eigenvalue weighted by Crippen LogP contribution is 2.17. The molecule has 0 bridgehead atoms. The number of hydrogen-bond acceptors (Lipinski definition) is 6. The van der Waals surface area contributed by atoms with E-state index >= 15 is 0 Å². The van der Waals surface area contributed by atoms with Gasteiger partial charge in [0.25, 0.3) is 0 Å². The van der Waals surface area contributed by atoms with E-state index in [-0.39, 0.29) is 18.6 Å². The highest BCUT2D eigenvalue weighted by molar-refractivity contribution is 6.00. The summed E-state index contributed by atoms with van der Waals surface area (Å²) in [4.78, 5) is 29.9. The largest absolute Gasteiger partial charge is 0.469 e. The molecule has 0 unspecified atom stereocenters. The Morgan fingerprint density at radius 3 is 2.95 bits per heavy atom. The molecule has 0 amide bonds. The lowest BCUT2D eigenvalue weighted by Crippen LogP contribution is -2.05. The van der Waals surface area contributed by atoms with Gasteiger partial charge in [0, 0.05) is 12.0 Å². The molecule has 0 fully saturated rings. The summed E-state index contributed by atoms with van der Waals surface area (Å²) in [6.45, 7) is 0. The van der Waals surface area contributed by atoms with Gasteiger partial charge in [-0.1, -0.05) is 0 Å². The zero-order valence-electron chi connectivity index (χ0n) is 10.8. The van der Waals surface area contributed by atoms with Crippen molar-refractivity contribution < 1.29 is 14.3 Å². The standard InChI is InChI=1S/C13H12N4O3/c1-20-12(19)5-4-11(18)8-2-3-9-10(6-8)17-13(16-9)15-7-14/h2-3,6H,4-5H2,1H3,(H2,15,16,17). The van der Waals surface area contributed by atoms with E-state index in [9.17, 15) is 9.59 Å². The smallest absolute Gasteiger partial charge is 0.305 e. The molecule has 7 nitrogen and oxygen atoms in total. The van der Waals surface area contributed by atoms with Gasteiger partial charge in [0.15, 0.2) is 12.0 Å². The molecule has 7 heteroatoms. The number of hydrogen-bond donors (Lipinski definition) is 2. The molecule has 0 radical (unpaired) electrons. The first-order valence-electron chi connectivity index (χ1n) is 5.89. The average molecular weight is 272 g/mol. The molecule has 2 N–H and O–H groups in total. The lowest BCUT2D eigenvalue weighted by molar-refractivity contribution is -0.140. The van der Waals surface area contributed by atoms with Crippen LogP contribution in [0.2, 0.25) is 0 Å². The second-order valence-electron chi connectivity index (χ2n) is 4.05. The van der Waals surface area contributed by atoms with Crippen LogP contribution in [-0.4, -0.2) is 28.8 Å². The van der Waals surface area contributed by atoms with E-state index in [0.29, 0.717) is 22.5 Å². The molecule has 0 atom stereocenters. The average Bonchev–Trinajstić information content (AvgIpc) is 2.85. The minimum Gasteiger partial charge on any atom is -0.469 e. The first-order chi connectivity index (χ1) is 9.63. The van der Waals surface area contributed by atoms with Crippen LogP contribution in [-0.2, 0) is 9.53 Å². The van der Waals surface area contributed by atoms with E-state index in [2.05, 4.69) is 20.0 Å². The number of anilines is 1. The van der Waals surface area contributed by atoms with E-state index in [1.807, 2.05) is 0 Å². The third kappa shape index (κ3) is 2.92. The van der Waals surface area contributed by atoms with E-state index in [1.54, 1.807) is 24.4 Å². The molecule has 0 aliphatic carbocycles. The van der Waals surface area contributed by atoms with Crippen LogP contribution < -0.4 is 5.32 Å². The molecule has 2 aromatic rings. The minimum absolute atomic E-state index is 0.0532. The van der Waals surface area contributed by atoms with Gasteiger partial charge in [-0.3, -0.25) is 14.9 Å². The summed E-state index contributed by atoms with van der Waals surface area (Å²) >= 11 is 0. The molecule has 1 heterocycles. The third-order valence-corrected chi connectivity index (χ3v) is 2.76. The predicted octanol–water partition coefficient (Wildman–Crippen LogP) is 1.59. The number of nitriles is 1. The second-order valence-corrected chi connectivity index (χ2v) is 4.05. The maximum Gasteiger partial charge on any atom is 0.305 e. The molecule has 2 rings (SSSR count). The topological polar surface area (TPSA) is 108 Å². The van der Waals surface area contributed by atoms with Crippen LogP contribution in [0.5, 0.6) is 0 Å². The lowest BCUT2D eigenvalue weighted by atomic mass is 10.1. The number of ether oxygens (including phenoxy) is 1. The van der Waals surface area contributed by atoms with Crippen LogP contribution in [0.15, 0.2) is 18.2 Å². The Kier molecular flexibility index (Phi) is 3.96. The number of carbonyl (C=O) groups excluding carboxylic acids is 2. The lowest BCUT2D eigenvalue weighted by Gasteiger charge is -2.00. The van der Waals surface area contributed by atoms with Gasteiger partial charge in [0.05, 0.1) is 24.6 Å². The van der Waals surface area contributed by atoms with Gasteiger partial charge in [-0.25, -0.2) is 4.98 Å². The van der Waals surface area contributed by atoms with Crippen LogP contribution >= 0.6 is 0 Å². The Morgan fingerprint density at radius 2 is 2.25 bits per heavy atom. The van der Waals surface area contributed by atoms with Gasteiger partial charge in [-0.15, -0.1) is 0 Å². The van der Waals surface area contributed by atoms with Crippen molar-refractivity contribution in [3.8, 4) is 6.19 Å². The number of fused-ring (bicyclic) bond motifs is 1. The number of H-pyrrole nitrogens is 1. The number of nitrogens with zero attached hydrogens (tertiary/aromatic N) is 2. The fourth-order valence-electron chi connectivity index (χ4n) is 1.76. The van der Waals surface area contributed by atoms with Crippen molar-refractivity contribution in [1.82, 2.24) is 9.97 Å². The second kappa shape index (κ2) is 5.84. The summed E-state index contributed by atoms with van der Waals surface area (Å²) < 4.78 is 4.49. The molecule has 0 aliphatic rings. The molecule has 0 saturated carbocycles. The highest BCUT2D eigenvalue weighted by atomic mass is 16.5. The molecule has 1 aromatic carbocycles. The maximum atomic E-state index is 11.9. The predicted molar refractivity (Wildman–Crippen MR) is 70.9 cm³/mol. The van der Waals surface area contributed by atoms with Crippen molar-refractivity contribution in [3.05, 3.63) is 23.8 Å². The molecule has 1 aromatic heterocycles. The molecule has 0 spiro atoms. The number of carbonyl (C=O) groups is 2. The SMILES string of the molecule is COC(=O)CCC(=O)c1ccc2nc(NC#N)[nH]c2c1. The van der Waals surface area contributed by atoms with Crippen LogP contribution in [0.4, 0.5) is 5.95 Å². The number of nitrogens with one attached hydrogen (secondary N) is 2.